The predicted octanol–water partition coefficient (Wildman–Crippen LogP) is 2.08. The van der Waals surface area contributed by atoms with Crippen LogP contribution in [0.25, 0.3) is 0 Å². The summed E-state index contributed by atoms with van der Waals surface area (Å²) >= 11 is 0. The first-order valence-electron chi connectivity index (χ1n) is 6.42. The van der Waals surface area contributed by atoms with Gasteiger partial charge in [-0.05, 0) is 27.3 Å². The van der Waals surface area contributed by atoms with Crippen LogP contribution in [0.15, 0.2) is 0 Å². The third-order valence-corrected chi connectivity index (χ3v) is 2.73. The number of methoxy groups -OCH3 is 1. The van der Waals surface area contributed by atoms with E-state index in [1.807, 2.05) is 25.8 Å². The van der Waals surface area contributed by atoms with Crippen molar-refractivity contribution in [3.05, 3.63) is 0 Å². The van der Waals surface area contributed by atoms with Crippen LogP contribution < -0.4 is 0 Å². The monoisotopic (exact) mass is 245 g/mol. The molecule has 0 spiro atoms. The summed E-state index contributed by atoms with van der Waals surface area (Å²) in [4.78, 5) is 13.7. The van der Waals surface area contributed by atoms with Crippen molar-refractivity contribution in [2.24, 2.45) is 0 Å². The number of ether oxygens (including phenoxy) is 2. The summed E-state index contributed by atoms with van der Waals surface area (Å²) in [6.45, 7) is 7.54. The number of hydrogen-bond donors (Lipinski definition) is 0. The molecule has 1 atom stereocenters. The molecule has 0 fully saturated rings. The molecule has 0 aromatic rings. The molecule has 0 aromatic heterocycles. The van der Waals surface area contributed by atoms with E-state index in [4.69, 9.17) is 9.47 Å². The summed E-state index contributed by atoms with van der Waals surface area (Å²) in [6.07, 6.45) is 3.20. The highest BCUT2D eigenvalue weighted by molar-refractivity contribution is 5.75. The van der Waals surface area contributed by atoms with Crippen LogP contribution in [0.4, 0.5) is 0 Å². The Morgan fingerprint density at radius 1 is 1.35 bits per heavy atom. The van der Waals surface area contributed by atoms with Gasteiger partial charge in [0.1, 0.15) is 6.04 Å². The summed E-state index contributed by atoms with van der Waals surface area (Å²) in [5.74, 6) is -0.148. The van der Waals surface area contributed by atoms with E-state index < -0.39 is 0 Å². The fourth-order valence-corrected chi connectivity index (χ4v) is 1.64. The lowest BCUT2D eigenvalue weighted by Gasteiger charge is -2.26. The average Bonchev–Trinajstić information content (AvgIpc) is 2.28. The van der Waals surface area contributed by atoms with Crippen molar-refractivity contribution in [2.45, 2.75) is 52.2 Å². The van der Waals surface area contributed by atoms with Gasteiger partial charge in [0.2, 0.25) is 0 Å². The molecule has 1 unspecified atom stereocenters. The summed E-state index contributed by atoms with van der Waals surface area (Å²) in [7, 11) is 3.39. The molecule has 0 saturated carbocycles. The highest BCUT2D eigenvalue weighted by Gasteiger charge is 2.22. The zero-order valence-corrected chi connectivity index (χ0v) is 11.9. The Morgan fingerprint density at radius 3 is 2.47 bits per heavy atom. The Kier molecular flexibility index (Phi) is 9.09. The smallest absolute Gasteiger partial charge is 0.323 e. The molecule has 0 rings (SSSR count). The molecule has 0 aliphatic heterocycles. The first-order valence-corrected chi connectivity index (χ1v) is 6.42. The third kappa shape index (κ3) is 7.34. The number of esters is 1. The van der Waals surface area contributed by atoms with Crippen molar-refractivity contribution < 1.29 is 14.3 Å². The average molecular weight is 245 g/mol. The van der Waals surface area contributed by atoms with E-state index in [9.17, 15) is 4.79 Å². The number of hydrogen-bond acceptors (Lipinski definition) is 4. The van der Waals surface area contributed by atoms with Gasteiger partial charge in [-0.2, -0.15) is 0 Å². The lowest BCUT2D eigenvalue weighted by Crippen LogP contribution is -2.41. The number of unbranched alkanes of at least 4 members (excludes halogenated alkanes) is 1. The van der Waals surface area contributed by atoms with Gasteiger partial charge in [-0.3, -0.25) is 9.69 Å². The predicted molar refractivity (Wildman–Crippen MR) is 69.0 cm³/mol. The van der Waals surface area contributed by atoms with Gasteiger partial charge in [0.05, 0.1) is 19.8 Å². The highest BCUT2D eigenvalue weighted by atomic mass is 16.5. The third-order valence-electron chi connectivity index (χ3n) is 2.73. The van der Waals surface area contributed by atoms with Gasteiger partial charge in [0.15, 0.2) is 0 Å². The fourth-order valence-electron chi connectivity index (χ4n) is 1.64. The second kappa shape index (κ2) is 9.42. The van der Waals surface area contributed by atoms with Crippen molar-refractivity contribution >= 4 is 5.97 Å². The van der Waals surface area contributed by atoms with E-state index in [2.05, 4.69) is 6.92 Å². The fraction of sp³-hybridized carbons (Fsp3) is 0.923. The quantitative estimate of drug-likeness (QED) is 0.583. The van der Waals surface area contributed by atoms with Crippen molar-refractivity contribution in [3.8, 4) is 0 Å². The van der Waals surface area contributed by atoms with Gasteiger partial charge in [0.25, 0.3) is 0 Å². The van der Waals surface area contributed by atoms with Crippen LogP contribution in [0.2, 0.25) is 0 Å². The van der Waals surface area contributed by atoms with E-state index in [0.29, 0.717) is 6.61 Å². The summed E-state index contributed by atoms with van der Waals surface area (Å²) in [5, 5.41) is 0. The molecule has 0 bridgehead atoms. The summed E-state index contributed by atoms with van der Waals surface area (Å²) in [6, 6.07) is -0.143. The maximum atomic E-state index is 11.7. The Labute approximate surface area is 105 Å². The summed E-state index contributed by atoms with van der Waals surface area (Å²) in [5.41, 5.74) is 0. The maximum Gasteiger partial charge on any atom is 0.323 e. The van der Waals surface area contributed by atoms with Crippen LogP contribution in [0.3, 0.4) is 0 Å². The topological polar surface area (TPSA) is 38.8 Å². The first kappa shape index (κ1) is 16.4. The van der Waals surface area contributed by atoms with Gasteiger partial charge in [-0.1, -0.05) is 19.8 Å². The van der Waals surface area contributed by atoms with Crippen molar-refractivity contribution in [3.63, 3.8) is 0 Å². The SMILES string of the molecule is CCCCC(C(=O)OC)N(C)CCOC(C)C. The molecule has 102 valence electrons. The zero-order chi connectivity index (χ0) is 13.3. The van der Waals surface area contributed by atoms with E-state index in [1.165, 1.54) is 7.11 Å². The Balaban J connectivity index is 4.12. The van der Waals surface area contributed by atoms with Crippen molar-refractivity contribution in [1.82, 2.24) is 4.90 Å². The van der Waals surface area contributed by atoms with Crippen LogP contribution in [0.5, 0.6) is 0 Å². The second-order valence-corrected chi connectivity index (χ2v) is 4.58. The lowest BCUT2D eigenvalue weighted by atomic mass is 10.1. The van der Waals surface area contributed by atoms with E-state index in [1.54, 1.807) is 0 Å². The Hall–Kier alpha value is -0.610. The van der Waals surface area contributed by atoms with Gasteiger partial charge in [-0.15, -0.1) is 0 Å². The van der Waals surface area contributed by atoms with Gasteiger partial charge < -0.3 is 9.47 Å². The molecular weight excluding hydrogens is 218 g/mol. The second-order valence-electron chi connectivity index (χ2n) is 4.58. The molecule has 0 N–H and O–H groups in total. The number of carbonyl (C=O) groups excluding carboxylic acids is 1. The number of rotatable bonds is 9. The minimum absolute atomic E-state index is 0.143. The minimum atomic E-state index is -0.148. The number of carbonyl (C=O) groups is 1. The lowest BCUT2D eigenvalue weighted by molar-refractivity contribution is -0.147. The number of likely N-dealkylation sites (N-methyl/N-ethyl adjacent to an activating group) is 1. The molecule has 0 aliphatic rings. The zero-order valence-electron chi connectivity index (χ0n) is 11.9. The summed E-state index contributed by atoms with van der Waals surface area (Å²) < 4.78 is 10.3. The Bertz CT molecular complexity index is 207. The standard InChI is InChI=1S/C13H27NO3/c1-6-7-8-12(13(15)16-5)14(4)9-10-17-11(2)3/h11-12H,6-10H2,1-5H3. The molecule has 0 radical (unpaired) electrons. The molecule has 4 nitrogen and oxygen atoms in total. The first-order chi connectivity index (χ1) is 8.02. The molecule has 0 aliphatic carbocycles. The number of nitrogens with zero attached hydrogens (tertiary/aromatic N) is 1. The molecular formula is C13H27NO3. The Morgan fingerprint density at radius 2 is 2.00 bits per heavy atom. The van der Waals surface area contributed by atoms with Crippen LogP contribution in [0, 0.1) is 0 Å². The molecule has 0 amide bonds. The van der Waals surface area contributed by atoms with Crippen molar-refractivity contribution in [2.75, 3.05) is 27.3 Å². The molecule has 0 saturated heterocycles. The van der Waals surface area contributed by atoms with Crippen LogP contribution in [-0.4, -0.2) is 50.3 Å². The molecule has 0 heterocycles. The van der Waals surface area contributed by atoms with Gasteiger partial charge in [-0.25, -0.2) is 0 Å². The minimum Gasteiger partial charge on any atom is -0.468 e. The van der Waals surface area contributed by atoms with E-state index in [-0.39, 0.29) is 18.1 Å². The highest BCUT2D eigenvalue weighted by Crippen LogP contribution is 2.09. The van der Waals surface area contributed by atoms with Gasteiger partial charge >= 0.3 is 5.97 Å². The maximum absolute atomic E-state index is 11.7. The van der Waals surface area contributed by atoms with E-state index in [0.717, 1.165) is 25.8 Å². The molecule has 17 heavy (non-hydrogen) atoms. The van der Waals surface area contributed by atoms with Crippen LogP contribution in [-0.2, 0) is 14.3 Å². The van der Waals surface area contributed by atoms with Gasteiger partial charge in [0, 0.05) is 6.54 Å². The van der Waals surface area contributed by atoms with Crippen LogP contribution in [0.1, 0.15) is 40.0 Å². The normalized spacial score (nSPS) is 13.1. The van der Waals surface area contributed by atoms with E-state index >= 15 is 0 Å². The largest absolute Gasteiger partial charge is 0.468 e. The van der Waals surface area contributed by atoms with Crippen molar-refractivity contribution in [1.29, 1.82) is 0 Å². The van der Waals surface area contributed by atoms with Crippen LogP contribution >= 0.6 is 0 Å². The molecule has 0 aromatic carbocycles. The molecule has 4 heteroatoms.